The molecule has 0 fully saturated rings. The summed E-state index contributed by atoms with van der Waals surface area (Å²) in [6.45, 7) is 10.7. The number of aromatic nitrogens is 3. The molecule has 0 saturated carbocycles. The molecule has 4 rings (SSSR count). The molecule has 7 nitrogen and oxygen atoms in total. The first kappa shape index (κ1) is 27.5. The maximum atomic E-state index is 12.8. The van der Waals surface area contributed by atoms with Crippen molar-refractivity contribution >= 4 is 45.6 Å². The van der Waals surface area contributed by atoms with Crippen LogP contribution in [0.3, 0.4) is 0 Å². The summed E-state index contributed by atoms with van der Waals surface area (Å²) >= 11 is 9.11. The molecule has 1 aliphatic rings. The van der Waals surface area contributed by atoms with Crippen LogP contribution in [0, 0.1) is 29.6 Å². The number of anilines is 1. The molecule has 1 aromatic carbocycles. The number of rotatable bonds is 7. The van der Waals surface area contributed by atoms with Crippen LogP contribution in [0.25, 0.3) is 0 Å². The van der Waals surface area contributed by atoms with Gasteiger partial charge in [-0.15, -0.1) is 21.5 Å². The van der Waals surface area contributed by atoms with Crippen molar-refractivity contribution in [2.24, 2.45) is 18.4 Å². The maximum Gasteiger partial charge on any atom is 0.235 e. The summed E-state index contributed by atoms with van der Waals surface area (Å²) in [5, 5.41) is 23.1. The summed E-state index contributed by atoms with van der Waals surface area (Å²) in [6.07, 6.45) is 2.53. The topological polar surface area (TPSA) is 92.8 Å². The molecular weight excluding hydrogens is 526 g/mol. The van der Waals surface area contributed by atoms with Crippen LogP contribution in [0.4, 0.5) is 5.00 Å². The zero-order valence-electron chi connectivity index (χ0n) is 22.0. The van der Waals surface area contributed by atoms with Crippen LogP contribution >= 0.6 is 34.7 Å². The number of ether oxygens (including phenoxy) is 1. The predicted octanol–water partition coefficient (Wildman–Crippen LogP) is 6.73. The van der Waals surface area contributed by atoms with Gasteiger partial charge in [-0.05, 0) is 67.7 Å². The van der Waals surface area contributed by atoms with Gasteiger partial charge in [-0.2, -0.15) is 5.26 Å². The van der Waals surface area contributed by atoms with Gasteiger partial charge < -0.3 is 14.6 Å². The number of hydrogen-bond donors (Lipinski definition) is 1. The lowest BCUT2D eigenvalue weighted by Crippen LogP contribution is -2.26. The van der Waals surface area contributed by atoms with Gasteiger partial charge in [0.2, 0.25) is 5.91 Å². The van der Waals surface area contributed by atoms with Gasteiger partial charge in [0.05, 0.1) is 16.3 Å². The van der Waals surface area contributed by atoms with Gasteiger partial charge in [-0.1, -0.05) is 50.2 Å². The van der Waals surface area contributed by atoms with E-state index in [4.69, 9.17) is 16.3 Å². The fourth-order valence-electron chi connectivity index (χ4n) is 4.57. The molecule has 1 aliphatic carbocycles. The van der Waals surface area contributed by atoms with E-state index in [1.165, 1.54) is 16.6 Å². The first-order valence-electron chi connectivity index (χ1n) is 12.3. The van der Waals surface area contributed by atoms with Gasteiger partial charge in [0, 0.05) is 11.9 Å². The number of thioether (sulfide) groups is 1. The Labute approximate surface area is 231 Å². The fraction of sp³-hybridized carbons (Fsp3) is 0.481. The Bertz CT molecular complexity index is 1350. The van der Waals surface area contributed by atoms with Crippen LogP contribution in [0.5, 0.6) is 5.75 Å². The second-order valence-electron chi connectivity index (χ2n) is 10.6. The van der Waals surface area contributed by atoms with Crippen LogP contribution in [0.15, 0.2) is 23.4 Å². The molecular formula is C27H32ClN5O2S2. The highest BCUT2D eigenvalue weighted by Crippen LogP contribution is 2.44. The molecule has 37 heavy (non-hydrogen) atoms. The molecule has 10 heteroatoms. The van der Waals surface area contributed by atoms with Crippen LogP contribution < -0.4 is 10.1 Å². The summed E-state index contributed by atoms with van der Waals surface area (Å²) in [4.78, 5) is 14.0. The third-order valence-electron chi connectivity index (χ3n) is 6.81. The van der Waals surface area contributed by atoms with E-state index < -0.39 is 0 Å². The highest BCUT2D eigenvalue weighted by Gasteiger charge is 2.32. The van der Waals surface area contributed by atoms with Crippen LogP contribution in [0.1, 0.15) is 67.6 Å². The molecule has 0 radical (unpaired) electrons. The lowest BCUT2D eigenvalue weighted by molar-refractivity contribution is -0.113. The van der Waals surface area contributed by atoms with E-state index in [2.05, 4.69) is 42.4 Å². The lowest BCUT2D eigenvalue weighted by atomic mass is 9.72. The number of aryl methyl sites for hydroxylation is 1. The first-order chi connectivity index (χ1) is 17.5. The average Bonchev–Trinajstić information content (AvgIpc) is 3.38. The Kier molecular flexibility index (Phi) is 8.22. The number of thiophene rings is 1. The third kappa shape index (κ3) is 6.14. The first-order valence-corrected chi connectivity index (χ1v) is 14.4. The Morgan fingerprint density at radius 2 is 2.16 bits per heavy atom. The SMILES string of the molecule is Cc1ccc(Cl)c(OC(C)c2nnc(SCC(=O)Nc3sc4c(c3C#N)CCC(C(C)(C)C)C4)n2C)c1. The van der Waals surface area contributed by atoms with Crippen molar-refractivity contribution in [1.29, 1.82) is 5.26 Å². The Morgan fingerprint density at radius 1 is 1.41 bits per heavy atom. The molecule has 196 valence electrons. The summed E-state index contributed by atoms with van der Waals surface area (Å²) in [6, 6.07) is 7.94. The third-order valence-corrected chi connectivity index (χ3v) is 9.31. The average molecular weight is 558 g/mol. The minimum Gasteiger partial charge on any atom is -0.481 e. The van der Waals surface area contributed by atoms with E-state index in [0.29, 0.717) is 38.2 Å². The molecule has 3 aromatic rings. The number of halogens is 1. The number of nitrogens with zero attached hydrogens (tertiary/aromatic N) is 4. The lowest BCUT2D eigenvalue weighted by Gasteiger charge is -2.33. The van der Waals surface area contributed by atoms with Crippen molar-refractivity contribution in [3.8, 4) is 11.8 Å². The summed E-state index contributed by atoms with van der Waals surface area (Å²) < 4.78 is 7.85. The van der Waals surface area contributed by atoms with Gasteiger partial charge in [-0.25, -0.2) is 0 Å². The Balaban J connectivity index is 1.39. The molecule has 1 amide bonds. The van der Waals surface area contributed by atoms with E-state index in [0.717, 1.165) is 30.4 Å². The van der Waals surface area contributed by atoms with Gasteiger partial charge in [0.25, 0.3) is 0 Å². The maximum absolute atomic E-state index is 12.8. The van der Waals surface area contributed by atoms with Crippen molar-refractivity contribution < 1.29 is 9.53 Å². The summed E-state index contributed by atoms with van der Waals surface area (Å²) in [5.41, 5.74) is 2.99. The summed E-state index contributed by atoms with van der Waals surface area (Å²) in [5.74, 6) is 1.77. The van der Waals surface area contributed by atoms with Crippen LogP contribution in [0.2, 0.25) is 5.02 Å². The van der Waals surface area contributed by atoms with Crippen molar-refractivity contribution in [2.45, 2.75) is 65.1 Å². The number of carbonyl (C=O) groups is 1. The van der Waals surface area contributed by atoms with E-state index in [9.17, 15) is 10.1 Å². The van der Waals surface area contributed by atoms with Gasteiger partial charge in [0.15, 0.2) is 17.1 Å². The molecule has 2 atom stereocenters. The monoisotopic (exact) mass is 557 g/mol. The molecule has 2 unspecified atom stereocenters. The highest BCUT2D eigenvalue weighted by molar-refractivity contribution is 7.99. The van der Waals surface area contributed by atoms with Gasteiger partial charge >= 0.3 is 0 Å². The molecule has 2 aromatic heterocycles. The quantitative estimate of drug-likeness (QED) is 0.324. The van der Waals surface area contributed by atoms with E-state index in [1.807, 2.05) is 37.6 Å². The largest absolute Gasteiger partial charge is 0.481 e. The van der Waals surface area contributed by atoms with Crippen molar-refractivity contribution in [2.75, 3.05) is 11.1 Å². The Morgan fingerprint density at radius 3 is 2.86 bits per heavy atom. The highest BCUT2D eigenvalue weighted by atomic mass is 35.5. The predicted molar refractivity (Wildman–Crippen MR) is 150 cm³/mol. The van der Waals surface area contributed by atoms with E-state index >= 15 is 0 Å². The number of amides is 1. The molecule has 0 spiro atoms. The number of nitriles is 1. The number of benzene rings is 1. The molecule has 2 heterocycles. The molecule has 0 aliphatic heterocycles. The normalized spacial score (nSPS) is 16.1. The van der Waals surface area contributed by atoms with Crippen molar-refractivity contribution in [3.05, 3.63) is 50.6 Å². The number of nitrogens with one attached hydrogen (secondary N) is 1. The number of fused-ring (bicyclic) bond motifs is 1. The second-order valence-corrected chi connectivity index (χ2v) is 13.0. The zero-order valence-corrected chi connectivity index (χ0v) is 24.4. The van der Waals surface area contributed by atoms with E-state index in [-0.39, 0.29) is 23.2 Å². The molecule has 1 N–H and O–H groups in total. The minimum absolute atomic E-state index is 0.156. The zero-order chi connectivity index (χ0) is 26.9. The number of hydrogen-bond acceptors (Lipinski definition) is 7. The van der Waals surface area contributed by atoms with Crippen LogP contribution in [-0.2, 0) is 24.7 Å². The fourth-order valence-corrected chi connectivity index (χ4v) is 6.75. The van der Waals surface area contributed by atoms with E-state index in [1.54, 1.807) is 17.4 Å². The minimum atomic E-state index is -0.382. The summed E-state index contributed by atoms with van der Waals surface area (Å²) in [7, 11) is 1.85. The second kappa shape index (κ2) is 11.1. The van der Waals surface area contributed by atoms with Crippen LogP contribution in [-0.4, -0.2) is 26.4 Å². The smallest absolute Gasteiger partial charge is 0.235 e. The van der Waals surface area contributed by atoms with Crippen molar-refractivity contribution in [3.63, 3.8) is 0 Å². The molecule has 0 saturated heterocycles. The standard InChI is InChI=1S/C27H32ClN5O2S2/c1-15-7-10-20(28)21(11-15)35-16(2)24-31-32-26(33(24)6)36-14-23(34)30-25-19(13-29)18-9-8-17(27(3,4)5)12-22(18)37-25/h7,10-11,16-17H,8-9,12,14H2,1-6H3,(H,30,34). The number of carbonyl (C=O) groups excluding carboxylic acids is 1. The van der Waals surface area contributed by atoms with Crippen molar-refractivity contribution in [1.82, 2.24) is 14.8 Å². The van der Waals surface area contributed by atoms with Gasteiger partial charge in [0.1, 0.15) is 16.8 Å². The Hall–Kier alpha value is -2.54. The molecule has 0 bridgehead atoms. The van der Waals surface area contributed by atoms with Gasteiger partial charge in [-0.3, -0.25) is 4.79 Å².